The molecule has 180 valence electrons. The van der Waals surface area contributed by atoms with Gasteiger partial charge in [-0.1, -0.05) is 41.5 Å². The van der Waals surface area contributed by atoms with Gasteiger partial charge in [0.05, 0.1) is 19.9 Å². The van der Waals surface area contributed by atoms with Gasteiger partial charge in [-0.2, -0.15) is 0 Å². The number of nitrogens with one attached hydrogen (secondary N) is 2. The molecule has 0 spiro atoms. The monoisotopic (exact) mass is 462 g/mol. The molecule has 1 aromatic carbocycles. The molecule has 0 aliphatic carbocycles. The molecule has 0 saturated heterocycles. The third kappa shape index (κ3) is 6.94. The minimum absolute atomic E-state index is 0.174. The topological polar surface area (TPSA) is 89.0 Å². The van der Waals surface area contributed by atoms with Gasteiger partial charge in [-0.15, -0.1) is 0 Å². The van der Waals surface area contributed by atoms with E-state index in [-0.39, 0.29) is 18.7 Å². The summed E-state index contributed by atoms with van der Waals surface area (Å²) in [6.07, 6.45) is 12.2. The molecule has 0 unspecified atom stereocenters. The van der Waals surface area contributed by atoms with Gasteiger partial charge >= 0.3 is 5.97 Å². The van der Waals surface area contributed by atoms with Crippen LogP contribution in [-0.2, 0) is 33.7 Å². The van der Waals surface area contributed by atoms with Crippen molar-refractivity contribution < 1.29 is 14.3 Å². The molecule has 0 aliphatic heterocycles. The zero-order valence-electron chi connectivity index (χ0n) is 20.4. The van der Waals surface area contributed by atoms with E-state index in [2.05, 4.69) is 58.8 Å². The smallest absolute Gasteiger partial charge is 0.328 e. The maximum absolute atomic E-state index is 12.9. The first-order chi connectivity index (χ1) is 16.4. The first-order valence-electron chi connectivity index (χ1n) is 11.6. The number of ether oxygens (including phenoxy) is 1. The van der Waals surface area contributed by atoms with Gasteiger partial charge in [0, 0.05) is 42.0 Å². The summed E-state index contributed by atoms with van der Waals surface area (Å²) in [7, 11) is 1.32. The first-order valence-corrected chi connectivity index (χ1v) is 11.6. The molecule has 1 amide bonds. The van der Waals surface area contributed by atoms with Crippen molar-refractivity contribution in [3.63, 3.8) is 0 Å². The molecule has 7 nitrogen and oxygen atoms in total. The van der Waals surface area contributed by atoms with Crippen LogP contribution in [0.1, 0.15) is 44.9 Å². The molecule has 0 saturated carbocycles. The Balaban J connectivity index is 1.72. The minimum Gasteiger partial charge on any atom is -0.467 e. The summed E-state index contributed by atoms with van der Waals surface area (Å²) in [6.45, 7) is 7.14. The molecular formula is C27H34N4O3. The van der Waals surface area contributed by atoms with Crippen LogP contribution in [0.2, 0.25) is 0 Å². The number of fused-ring (bicyclic) bond motifs is 1. The number of esters is 1. The van der Waals surface area contributed by atoms with Crippen LogP contribution in [0.3, 0.4) is 0 Å². The maximum Gasteiger partial charge on any atom is 0.328 e. The van der Waals surface area contributed by atoms with Crippen molar-refractivity contribution in [1.82, 2.24) is 19.9 Å². The van der Waals surface area contributed by atoms with E-state index in [4.69, 9.17) is 4.74 Å². The number of benzene rings is 1. The third-order valence-electron chi connectivity index (χ3n) is 5.75. The van der Waals surface area contributed by atoms with Gasteiger partial charge in [0.2, 0.25) is 5.91 Å². The highest BCUT2D eigenvalue weighted by Crippen LogP contribution is 2.22. The van der Waals surface area contributed by atoms with Gasteiger partial charge in [-0.05, 0) is 45.2 Å². The van der Waals surface area contributed by atoms with Crippen molar-refractivity contribution in [2.24, 2.45) is 0 Å². The summed E-state index contributed by atoms with van der Waals surface area (Å²) >= 11 is 0. The van der Waals surface area contributed by atoms with Crippen LogP contribution in [0.5, 0.6) is 0 Å². The fraction of sp³-hybridized carbons (Fsp3) is 0.370. The molecule has 0 aliphatic rings. The second-order valence-electron chi connectivity index (χ2n) is 8.80. The Morgan fingerprint density at radius 3 is 2.71 bits per heavy atom. The Morgan fingerprint density at radius 1 is 1.21 bits per heavy atom. The lowest BCUT2D eigenvalue weighted by molar-refractivity contribution is -0.145. The van der Waals surface area contributed by atoms with Crippen LogP contribution in [-0.4, -0.2) is 39.6 Å². The molecule has 0 bridgehead atoms. The Hall–Kier alpha value is -3.61. The van der Waals surface area contributed by atoms with Crippen LogP contribution >= 0.6 is 0 Å². The number of H-pyrrole nitrogens is 1. The molecule has 2 heterocycles. The molecule has 3 rings (SSSR count). The predicted molar refractivity (Wildman–Crippen MR) is 134 cm³/mol. The number of rotatable bonds is 11. The van der Waals surface area contributed by atoms with Gasteiger partial charge in [0.15, 0.2) is 0 Å². The molecule has 1 atom stereocenters. The number of para-hydroxylation sites is 1. The number of aromatic nitrogens is 3. The fourth-order valence-electron chi connectivity index (χ4n) is 3.93. The molecule has 0 radical (unpaired) electrons. The van der Waals surface area contributed by atoms with Crippen molar-refractivity contribution in [2.45, 2.75) is 59.0 Å². The van der Waals surface area contributed by atoms with Crippen LogP contribution in [0.4, 0.5) is 0 Å². The van der Waals surface area contributed by atoms with Gasteiger partial charge < -0.3 is 19.6 Å². The number of nitrogens with zero attached hydrogens (tertiary/aromatic N) is 2. The largest absolute Gasteiger partial charge is 0.467 e. The van der Waals surface area contributed by atoms with Crippen molar-refractivity contribution in [3.05, 3.63) is 77.5 Å². The van der Waals surface area contributed by atoms with Crippen LogP contribution in [0.25, 0.3) is 10.9 Å². The lowest BCUT2D eigenvalue weighted by atomic mass is 10.1. The van der Waals surface area contributed by atoms with Gasteiger partial charge in [0.1, 0.15) is 6.04 Å². The Kier molecular flexibility index (Phi) is 8.85. The molecule has 3 aromatic rings. The summed E-state index contributed by atoms with van der Waals surface area (Å²) in [5.41, 5.74) is 5.44. The summed E-state index contributed by atoms with van der Waals surface area (Å²) in [5.74, 6) is -0.717. The first kappa shape index (κ1) is 25.0. The lowest BCUT2D eigenvalue weighted by Gasteiger charge is -2.15. The highest BCUT2D eigenvalue weighted by molar-refractivity contribution is 5.91. The van der Waals surface area contributed by atoms with Crippen molar-refractivity contribution in [3.8, 4) is 0 Å². The number of amides is 1. The fourth-order valence-corrected chi connectivity index (χ4v) is 3.93. The lowest BCUT2D eigenvalue weighted by Crippen LogP contribution is -2.43. The zero-order valence-corrected chi connectivity index (χ0v) is 20.4. The average molecular weight is 463 g/mol. The predicted octanol–water partition coefficient (Wildman–Crippen LogP) is 4.50. The average Bonchev–Trinajstić information content (AvgIpc) is 3.44. The number of allylic oxidation sites excluding steroid dienone is 4. The van der Waals surface area contributed by atoms with Crippen molar-refractivity contribution in [2.75, 3.05) is 7.11 Å². The Bertz CT molecular complexity index is 1170. The molecule has 34 heavy (non-hydrogen) atoms. The number of aromatic amines is 1. The number of carbonyl (C=O) groups is 2. The molecule has 2 aromatic heterocycles. The van der Waals surface area contributed by atoms with Crippen molar-refractivity contribution in [1.29, 1.82) is 0 Å². The van der Waals surface area contributed by atoms with E-state index in [1.165, 1.54) is 24.6 Å². The number of hydrogen-bond acceptors (Lipinski definition) is 4. The van der Waals surface area contributed by atoms with Crippen LogP contribution < -0.4 is 5.32 Å². The summed E-state index contributed by atoms with van der Waals surface area (Å²) in [6, 6.07) is 7.30. The van der Waals surface area contributed by atoms with Gasteiger partial charge in [0.25, 0.3) is 0 Å². The standard InChI is InChI=1S/C27H34N4O3/c1-19(2)8-7-9-20(3)12-13-31-17-21(23-10-5-6-11-25(23)31)14-26(32)30-24(27(33)34-4)15-22-16-28-18-29-22/h5-6,8,10-12,16-18,24H,7,9,13-15H2,1-4H3,(H,28,29)(H,30,32)/b20-12+/t24-/m0/s1. The Morgan fingerprint density at radius 2 is 2.00 bits per heavy atom. The Labute approximate surface area is 200 Å². The normalized spacial score (nSPS) is 12.4. The third-order valence-corrected chi connectivity index (χ3v) is 5.75. The van der Waals surface area contributed by atoms with E-state index in [1.54, 1.807) is 6.20 Å². The SMILES string of the molecule is COC(=O)[C@H](Cc1cnc[nH]1)NC(=O)Cc1cn(C/C=C(\C)CCC=C(C)C)c2ccccc12. The number of carbonyl (C=O) groups excluding carboxylic acids is 2. The molecule has 7 heteroatoms. The second kappa shape index (κ2) is 12.0. The molecule has 2 N–H and O–H groups in total. The summed E-state index contributed by atoms with van der Waals surface area (Å²) in [4.78, 5) is 32.0. The number of methoxy groups -OCH3 is 1. The van der Waals surface area contributed by atoms with Crippen LogP contribution in [0, 0.1) is 0 Å². The zero-order chi connectivity index (χ0) is 24.5. The van der Waals surface area contributed by atoms with E-state index in [0.29, 0.717) is 0 Å². The van der Waals surface area contributed by atoms with Gasteiger partial charge in [-0.25, -0.2) is 9.78 Å². The molecular weight excluding hydrogens is 428 g/mol. The second-order valence-corrected chi connectivity index (χ2v) is 8.80. The summed E-state index contributed by atoms with van der Waals surface area (Å²) < 4.78 is 7.05. The minimum atomic E-state index is -0.780. The highest BCUT2D eigenvalue weighted by atomic mass is 16.5. The highest BCUT2D eigenvalue weighted by Gasteiger charge is 2.23. The van der Waals surface area contributed by atoms with E-state index in [0.717, 1.165) is 41.5 Å². The maximum atomic E-state index is 12.9. The van der Waals surface area contributed by atoms with Gasteiger partial charge in [-0.3, -0.25) is 4.79 Å². The van der Waals surface area contributed by atoms with E-state index >= 15 is 0 Å². The van der Waals surface area contributed by atoms with E-state index in [1.807, 2.05) is 24.4 Å². The number of hydrogen-bond donors (Lipinski definition) is 2. The summed E-state index contributed by atoms with van der Waals surface area (Å²) in [5, 5.41) is 3.86. The van der Waals surface area contributed by atoms with Crippen molar-refractivity contribution >= 4 is 22.8 Å². The quantitative estimate of drug-likeness (QED) is 0.324. The van der Waals surface area contributed by atoms with Crippen LogP contribution in [0.15, 0.2) is 66.3 Å². The van der Waals surface area contributed by atoms with E-state index in [9.17, 15) is 9.59 Å². The van der Waals surface area contributed by atoms with E-state index < -0.39 is 12.0 Å². The number of imidazole rings is 1. The molecule has 0 fully saturated rings.